The second-order valence-corrected chi connectivity index (χ2v) is 2.32. The third kappa shape index (κ3) is 4.58. The van der Waals surface area contributed by atoms with Crippen molar-refractivity contribution >= 4 is 5.91 Å². The van der Waals surface area contributed by atoms with Crippen LogP contribution in [0, 0.1) is 4.91 Å². The van der Waals surface area contributed by atoms with Gasteiger partial charge in [0.15, 0.2) is 0 Å². The Hall–Kier alpha value is -0.810. The van der Waals surface area contributed by atoms with Crippen molar-refractivity contribution in [3.63, 3.8) is 0 Å². The first kappa shape index (κ1) is 10.2. The van der Waals surface area contributed by atoms with E-state index in [9.17, 15) is 9.70 Å². The number of hydrogen-bond donors (Lipinski definition) is 2. The summed E-state index contributed by atoms with van der Waals surface area (Å²) in [6.45, 7) is 0.579. The molecule has 11 heavy (non-hydrogen) atoms. The molecule has 0 bridgehead atoms. The summed E-state index contributed by atoms with van der Waals surface area (Å²) in [6, 6.07) is -0.737. The highest BCUT2D eigenvalue weighted by atomic mass is 16.3. The molecule has 0 heterocycles. The van der Waals surface area contributed by atoms with E-state index < -0.39 is 11.9 Å². The topological polar surface area (TPSA) is 98.5 Å². The molecule has 64 valence electrons. The monoisotopic (exact) mass is 159 g/mol. The van der Waals surface area contributed by atoms with Crippen molar-refractivity contribution in [1.82, 2.24) is 0 Å². The molecular formula is C6H13N3O2. The lowest BCUT2D eigenvalue weighted by atomic mass is 10.1. The van der Waals surface area contributed by atoms with Crippen molar-refractivity contribution in [1.29, 1.82) is 0 Å². The van der Waals surface area contributed by atoms with Crippen LogP contribution in [-0.4, -0.2) is 18.5 Å². The lowest BCUT2D eigenvalue weighted by molar-refractivity contribution is -0.119. The number of nitroso groups, excluding NO2 is 1. The number of nitrogens with zero attached hydrogens (tertiary/aromatic N) is 1. The van der Waals surface area contributed by atoms with Crippen LogP contribution in [0.2, 0.25) is 0 Å². The fraction of sp³-hybridized carbons (Fsp3) is 0.833. The molecule has 0 fully saturated rings. The van der Waals surface area contributed by atoms with Crippen molar-refractivity contribution in [2.45, 2.75) is 25.3 Å². The molecule has 5 heteroatoms. The first-order valence-corrected chi connectivity index (χ1v) is 3.55. The van der Waals surface area contributed by atoms with Crippen LogP contribution in [0.5, 0.6) is 0 Å². The predicted octanol–water partition coefficient (Wildman–Crippen LogP) is -0.264. The van der Waals surface area contributed by atoms with E-state index in [2.05, 4.69) is 5.18 Å². The maximum atomic E-state index is 10.5. The number of nitrogens with two attached hydrogens (primary N) is 2. The molecule has 0 aromatic carbocycles. The Labute approximate surface area is 65.1 Å². The molecule has 0 aromatic rings. The van der Waals surface area contributed by atoms with Crippen molar-refractivity contribution in [2.75, 3.05) is 6.54 Å². The summed E-state index contributed by atoms with van der Waals surface area (Å²) in [4.78, 5) is 20.1. The Morgan fingerprint density at radius 2 is 2.09 bits per heavy atom. The molecule has 0 aromatic heterocycles. The SMILES string of the molecule is NCCCCC(N)C(=O)N=O. The zero-order chi connectivity index (χ0) is 8.69. The van der Waals surface area contributed by atoms with Gasteiger partial charge >= 0.3 is 5.91 Å². The predicted molar refractivity (Wildman–Crippen MR) is 41.7 cm³/mol. The van der Waals surface area contributed by atoms with Crippen LogP contribution >= 0.6 is 0 Å². The van der Waals surface area contributed by atoms with Gasteiger partial charge in [0.1, 0.15) is 0 Å². The molecule has 0 radical (unpaired) electrons. The first-order valence-electron chi connectivity index (χ1n) is 3.55. The molecular weight excluding hydrogens is 146 g/mol. The molecule has 5 nitrogen and oxygen atoms in total. The Balaban J connectivity index is 3.43. The van der Waals surface area contributed by atoms with E-state index in [0.29, 0.717) is 13.0 Å². The summed E-state index contributed by atoms with van der Waals surface area (Å²) in [5.74, 6) is -0.776. The van der Waals surface area contributed by atoms with Crippen molar-refractivity contribution < 1.29 is 4.79 Å². The number of hydrogen-bond acceptors (Lipinski definition) is 4. The second-order valence-electron chi connectivity index (χ2n) is 2.32. The fourth-order valence-electron chi connectivity index (χ4n) is 0.700. The van der Waals surface area contributed by atoms with E-state index in [1.807, 2.05) is 0 Å². The highest BCUT2D eigenvalue weighted by molar-refractivity contribution is 5.81. The summed E-state index contributed by atoms with van der Waals surface area (Å²) in [5.41, 5.74) is 10.5. The molecule has 1 unspecified atom stereocenters. The van der Waals surface area contributed by atoms with E-state index in [4.69, 9.17) is 11.5 Å². The van der Waals surface area contributed by atoms with Crippen LogP contribution in [0.25, 0.3) is 0 Å². The van der Waals surface area contributed by atoms with Crippen LogP contribution in [0.4, 0.5) is 0 Å². The molecule has 1 atom stereocenters. The van der Waals surface area contributed by atoms with Gasteiger partial charge in [0.25, 0.3) is 0 Å². The number of amides is 1. The van der Waals surface area contributed by atoms with Crippen LogP contribution in [-0.2, 0) is 4.79 Å². The second kappa shape index (κ2) is 5.94. The van der Waals surface area contributed by atoms with E-state index in [1.54, 1.807) is 0 Å². The van der Waals surface area contributed by atoms with Crippen molar-refractivity contribution in [2.24, 2.45) is 16.6 Å². The van der Waals surface area contributed by atoms with Gasteiger partial charge in [-0.2, -0.15) is 0 Å². The molecule has 0 saturated heterocycles. The lowest BCUT2D eigenvalue weighted by Crippen LogP contribution is -2.28. The van der Waals surface area contributed by atoms with Crippen LogP contribution < -0.4 is 11.5 Å². The standard InChI is InChI=1S/C6H13N3O2/c7-4-2-1-3-5(8)6(10)9-11/h5H,1-4,7-8H2. The van der Waals surface area contributed by atoms with Crippen LogP contribution in [0.1, 0.15) is 19.3 Å². The number of rotatable bonds is 5. The molecule has 1 amide bonds. The smallest absolute Gasteiger partial charge is 0.302 e. The number of carbonyl (C=O) groups excluding carboxylic acids is 1. The molecule has 0 aliphatic heterocycles. The van der Waals surface area contributed by atoms with Gasteiger partial charge in [0, 0.05) is 5.18 Å². The quantitative estimate of drug-likeness (QED) is 0.426. The number of carbonyl (C=O) groups is 1. The minimum Gasteiger partial charge on any atom is -0.330 e. The van der Waals surface area contributed by atoms with E-state index in [0.717, 1.165) is 12.8 Å². The normalized spacial score (nSPS) is 12.5. The highest BCUT2D eigenvalue weighted by Crippen LogP contribution is 1.98. The van der Waals surface area contributed by atoms with Gasteiger partial charge in [-0.3, -0.25) is 4.79 Å². The summed E-state index contributed by atoms with van der Waals surface area (Å²) < 4.78 is 0. The summed E-state index contributed by atoms with van der Waals surface area (Å²) >= 11 is 0. The van der Waals surface area contributed by atoms with E-state index in [-0.39, 0.29) is 0 Å². The molecule has 0 aliphatic carbocycles. The highest BCUT2D eigenvalue weighted by Gasteiger charge is 2.12. The third-order valence-electron chi connectivity index (χ3n) is 1.38. The Kier molecular flexibility index (Phi) is 5.50. The average Bonchev–Trinajstić information content (AvgIpc) is 2.03. The largest absolute Gasteiger partial charge is 0.330 e. The van der Waals surface area contributed by atoms with Gasteiger partial charge in [0.2, 0.25) is 0 Å². The molecule has 0 spiro atoms. The molecule has 0 saturated carbocycles. The summed E-state index contributed by atoms with van der Waals surface area (Å²) in [6.07, 6.45) is 2.07. The fourth-order valence-corrected chi connectivity index (χ4v) is 0.700. The van der Waals surface area contributed by atoms with E-state index >= 15 is 0 Å². The minimum atomic E-state index is -0.776. The maximum absolute atomic E-state index is 10.5. The molecule has 4 N–H and O–H groups in total. The average molecular weight is 159 g/mol. The zero-order valence-corrected chi connectivity index (χ0v) is 6.32. The molecule has 0 aliphatic rings. The zero-order valence-electron chi connectivity index (χ0n) is 6.32. The Morgan fingerprint density at radius 3 is 2.55 bits per heavy atom. The van der Waals surface area contributed by atoms with Gasteiger partial charge in [-0.15, -0.1) is 4.91 Å². The van der Waals surface area contributed by atoms with Crippen molar-refractivity contribution in [3.8, 4) is 0 Å². The van der Waals surface area contributed by atoms with Gasteiger partial charge < -0.3 is 11.5 Å². The minimum absolute atomic E-state index is 0.488. The summed E-state index contributed by atoms with van der Waals surface area (Å²) in [5, 5.41) is 2.22. The summed E-state index contributed by atoms with van der Waals surface area (Å²) in [7, 11) is 0. The van der Waals surface area contributed by atoms with Crippen LogP contribution in [0.3, 0.4) is 0 Å². The van der Waals surface area contributed by atoms with Crippen LogP contribution in [0.15, 0.2) is 5.18 Å². The maximum Gasteiger partial charge on any atom is 0.302 e. The number of unbranched alkanes of at least 4 members (excludes halogenated alkanes) is 1. The Morgan fingerprint density at radius 1 is 1.45 bits per heavy atom. The first-order chi connectivity index (χ1) is 5.22. The van der Waals surface area contributed by atoms with Gasteiger partial charge in [0.05, 0.1) is 6.04 Å². The van der Waals surface area contributed by atoms with Crippen molar-refractivity contribution in [3.05, 3.63) is 4.91 Å². The third-order valence-corrected chi connectivity index (χ3v) is 1.38. The Bertz CT molecular complexity index is 138. The molecule has 0 rings (SSSR count). The van der Waals surface area contributed by atoms with Gasteiger partial charge in [-0.05, 0) is 19.4 Å². The lowest BCUT2D eigenvalue weighted by Gasteiger charge is -2.03. The van der Waals surface area contributed by atoms with Gasteiger partial charge in [-0.1, -0.05) is 6.42 Å². The van der Waals surface area contributed by atoms with E-state index in [1.165, 1.54) is 0 Å². The van der Waals surface area contributed by atoms with Gasteiger partial charge in [-0.25, -0.2) is 0 Å².